The number of hydrogen-bond acceptors (Lipinski definition) is 3. The van der Waals surface area contributed by atoms with Gasteiger partial charge in [-0.1, -0.05) is 20.8 Å². The Morgan fingerprint density at radius 1 is 1.12 bits per heavy atom. The largest absolute Gasteiger partial charge is 0.356 e. The number of piperidine rings is 2. The number of likely N-dealkylation sites (tertiary alicyclic amines) is 1. The Balaban J connectivity index is 0.00000312. The molecule has 2 heterocycles. The fourth-order valence-corrected chi connectivity index (χ4v) is 4.61. The molecule has 0 aliphatic carbocycles. The van der Waals surface area contributed by atoms with Crippen molar-refractivity contribution in [3.63, 3.8) is 0 Å². The Morgan fingerprint density at radius 3 is 2.35 bits per heavy atom. The second kappa shape index (κ2) is 14.0. The van der Waals surface area contributed by atoms with Crippen LogP contribution in [0.25, 0.3) is 0 Å². The smallest absolute Gasteiger partial charge is 0.220 e. The number of nitrogens with zero attached hydrogens (tertiary/aromatic N) is 1. The molecule has 156 valence electrons. The number of carbonyl (C=O) groups excluding carboxylic acids is 1. The second-order valence-electron chi connectivity index (χ2n) is 8.53. The van der Waals surface area contributed by atoms with E-state index >= 15 is 0 Å². The molecule has 2 aliphatic heterocycles. The average molecular weight is 410 g/mol. The predicted octanol–water partition coefficient (Wildman–Crippen LogP) is 3.73. The first-order valence-corrected chi connectivity index (χ1v) is 10.2. The highest BCUT2D eigenvalue weighted by Crippen LogP contribution is 2.24. The average Bonchev–Trinajstić information content (AvgIpc) is 2.54. The number of halogens is 2. The molecule has 3 atom stereocenters. The maximum Gasteiger partial charge on any atom is 0.220 e. The highest BCUT2D eigenvalue weighted by Gasteiger charge is 2.22. The monoisotopic (exact) mass is 409 g/mol. The molecule has 2 saturated heterocycles. The number of carbonyl (C=O) groups is 1. The molecule has 0 bridgehead atoms. The Bertz CT molecular complexity index is 368. The van der Waals surface area contributed by atoms with E-state index in [4.69, 9.17) is 0 Å². The minimum Gasteiger partial charge on any atom is -0.356 e. The predicted molar refractivity (Wildman–Crippen MR) is 115 cm³/mol. The minimum absolute atomic E-state index is 0. The summed E-state index contributed by atoms with van der Waals surface area (Å²) in [6.07, 6.45) is 6.83. The SMILES string of the molecule is CC1CC(C)CN(CCCCNC(=O)CC(C)C2CCNCC2)C1.Cl.Cl. The Labute approximate surface area is 173 Å². The molecule has 2 N–H and O–H groups in total. The first-order valence-electron chi connectivity index (χ1n) is 10.2. The quantitative estimate of drug-likeness (QED) is 0.600. The van der Waals surface area contributed by atoms with Crippen molar-refractivity contribution in [3.8, 4) is 0 Å². The van der Waals surface area contributed by atoms with Crippen molar-refractivity contribution in [2.45, 2.75) is 59.3 Å². The summed E-state index contributed by atoms with van der Waals surface area (Å²) in [7, 11) is 0. The van der Waals surface area contributed by atoms with E-state index in [1.54, 1.807) is 0 Å². The van der Waals surface area contributed by atoms with Gasteiger partial charge in [0.25, 0.3) is 0 Å². The Kier molecular flexibility index (Phi) is 14.0. The number of nitrogens with one attached hydrogen (secondary N) is 2. The molecule has 2 fully saturated rings. The number of amides is 1. The van der Waals surface area contributed by atoms with Crippen LogP contribution in [0.4, 0.5) is 0 Å². The molecule has 0 saturated carbocycles. The summed E-state index contributed by atoms with van der Waals surface area (Å²) in [5.41, 5.74) is 0. The lowest BCUT2D eigenvalue weighted by Crippen LogP contribution is -2.39. The van der Waals surface area contributed by atoms with Gasteiger partial charge in [0, 0.05) is 26.1 Å². The molecule has 6 heteroatoms. The summed E-state index contributed by atoms with van der Waals surface area (Å²) in [5.74, 6) is 3.17. The normalized spacial score (nSPS) is 25.7. The minimum atomic E-state index is 0. The van der Waals surface area contributed by atoms with Crippen LogP contribution in [0.1, 0.15) is 59.3 Å². The zero-order valence-corrected chi connectivity index (χ0v) is 18.6. The third-order valence-electron chi connectivity index (χ3n) is 5.86. The molecule has 0 radical (unpaired) electrons. The van der Waals surface area contributed by atoms with Gasteiger partial charge in [-0.2, -0.15) is 0 Å². The van der Waals surface area contributed by atoms with E-state index in [2.05, 4.69) is 36.3 Å². The topological polar surface area (TPSA) is 44.4 Å². The lowest BCUT2D eigenvalue weighted by atomic mass is 9.84. The van der Waals surface area contributed by atoms with Crippen molar-refractivity contribution in [3.05, 3.63) is 0 Å². The Morgan fingerprint density at radius 2 is 1.73 bits per heavy atom. The van der Waals surface area contributed by atoms with Gasteiger partial charge >= 0.3 is 0 Å². The summed E-state index contributed by atoms with van der Waals surface area (Å²) in [6, 6.07) is 0. The van der Waals surface area contributed by atoms with Gasteiger partial charge in [0.1, 0.15) is 0 Å². The van der Waals surface area contributed by atoms with Crippen molar-refractivity contribution in [1.82, 2.24) is 15.5 Å². The van der Waals surface area contributed by atoms with Crippen molar-refractivity contribution in [2.75, 3.05) is 39.3 Å². The molecule has 4 nitrogen and oxygen atoms in total. The Hall–Kier alpha value is -0.0300. The molecular weight excluding hydrogens is 369 g/mol. The van der Waals surface area contributed by atoms with Gasteiger partial charge in [-0.3, -0.25) is 4.79 Å². The fraction of sp³-hybridized carbons (Fsp3) is 0.950. The van der Waals surface area contributed by atoms with Crippen LogP contribution < -0.4 is 10.6 Å². The zero-order valence-electron chi connectivity index (χ0n) is 17.0. The number of hydrogen-bond donors (Lipinski definition) is 2. The van der Waals surface area contributed by atoms with Gasteiger partial charge in [-0.25, -0.2) is 0 Å². The third-order valence-corrected chi connectivity index (χ3v) is 5.86. The van der Waals surface area contributed by atoms with Crippen LogP contribution >= 0.6 is 24.8 Å². The van der Waals surface area contributed by atoms with E-state index in [-0.39, 0.29) is 30.7 Å². The summed E-state index contributed by atoms with van der Waals surface area (Å²) < 4.78 is 0. The van der Waals surface area contributed by atoms with E-state index in [9.17, 15) is 4.79 Å². The second-order valence-corrected chi connectivity index (χ2v) is 8.53. The van der Waals surface area contributed by atoms with Crippen molar-refractivity contribution < 1.29 is 4.79 Å². The van der Waals surface area contributed by atoms with Crippen molar-refractivity contribution in [2.24, 2.45) is 23.7 Å². The lowest BCUT2D eigenvalue weighted by molar-refractivity contribution is -0.122. The molecule has 26 heavy (non-hydrogen) atoms. The first kappa shape index (κ1) is 26.0. The van der Waals surface area contributed by atoms with E-state index in [0.717, 1.165) is 43.8 Å². The van der Waals surface area contributed by atoms with Gasteiger partial charge in [-0.05, 0) is 75.4 Å². The van der Waals surface area contributed by atoms with Crippen LogP contribution in [0, 0.1) is 23.7 Å². The first-order chi connectivity index (χ1) is 11.5. The maximum absolute atomic E-state index is 12.1. The molecule has 2 aliphatic rings. The van der Waals surface area contributed by atoms with Crippen LogP contribution in [0.5, 0.6) is 0 Å². The van der Waals surface area contributed by atoms with E-state index in [1.165, 1.54) is 45.3 Å². The highest BCUT2D eigenvalue weighted by atomic mass is 35.5. The number of unbranched alkanes of at least 4 members (excludes halogenated alkanes) is 1. The molecular formula is C20H41Cl2N3O. The van der Waals surface area contributed by atoms with Crippen LogP contribution in [-0.4, -0.2) is 50.1 Å². The molecule has 3 unspecified atom stereocenters. The van der Waals surface area contributed by atoms with Gasteiger partial charge < -0.3 is 15.5 Å². The summed E-state index contributed by atoms with van der Waals surface area (Å²) in [6.45, 7) is 13.8. The summed E-state index contributed by atoms with van der Waals surface area (Å²) >= 11 is 0. The van der Waals surface area contributed by atoms with Crippen LogP contribution in [0.2, 0.25) is 0 Å². The zero-order chi connectivity index (χ0) is 17.4. The molecule has 0 aromatic rings. The van der Waals surface area contributed by atoms with Gasteiger partial charge in [-0.15, -0.1) is 24.8 Å². The van der Waals surface area contributed by atoms with Gasteiger partial charge in [0.15, 0.2) is 0 Å². The van der Waals surface area contributed by atoms with Crippen molar-refractivity contribution >= 4 is 30.7 Å². The lowest BCUT2D eigenvalue weighted by Gasteiger charge is -2.34. The molecule has 1 amide bonds. The third kappa shape index (κ3) is 9.77. The fourth-order valence-electron chi connectivity index (χ4n) is 4.61. The van der Waals surface area contributed by atoms with E-state index in [0.29, 0.717) is 12.3 Å². The molecule has 2 rings (SSSR count). The molecule has 0 aromatic heterocycles. The number of rotatable bonds is 8. The summed E-state index contributed by atoms with van der Waals surface area (Å²) in [4.78, 5) is 14.7. The van der Waals surface area contributed by atoms with E-state index < -0.39 is 0 Å². The van der Waals surface area contributed by atoms with Crippen LogP contribution in [0.15, 0.2) is 0 Å². The molecule has 0 aromatic carbocycles. The highest BCUT2D eigenvalue weighted by molar-refractivity contribution is 5.85. The van der Waals surface area contributed by atoms with Crippen LogP contribution in [0.3, 0.4) is 0 Å². The summed E-state index contributed by atoms with van der Waals surface area (Å²) in [5, 5.41) is 6.53. The van der Waals surface area contributed by atoms with Crippen molar-refractivity contribution in [1.29, 1.82) is 0 Å². The van der Waals surface area contributed by atoms with Gasteiger partial charge in [0.05, 0.1) is 0 Å². The molecule has 0 spiro atoms. The maximum atomic E-state index is 12.1. The van der Waals surface area contributed by atoms with Crippen LogP contribution in [-0.2, 0) is 4.79 Å². The standard InChI is InChI=1S/C20H39N3O.2ClH/c1-16-12-17(2)15-23(14-16)11-5-4-8-22-20(24)13-18(3)19-6-9-21-10-7-19;;/h16-19,21H,4-15H2,1-3H3,(H,22,24);2*1H. The van der Waals surface area contributed by atoms with E-state index in [1.807, 2.05) is 0 Å². The van der Waals surface area contributed by atoms with Gasteiger partial charge in [0.2, 0.25) is 5.91 Å².